The highest BCUT2D eigenvalue weighted by atomic mass is 16.7. The van der Waals surface area contributed by atoms with E-state index in [0.29, 0.717) is 42.0 Å². The molecule has 0 bridgehead atoms. The van der Waals surface area contributed by atoms with E-state index in [2.05, 4.69) is 33.3 Å². The molecule has 0 N–H and O–H groups in total. The van der Waals surface area contributed by atoms with Gasteiger partial charge in [0.15, 0.2) is 12.0 Å². The average molecular weight is 512 g/mol. The van der Waals surface area contributed by atoms with E-state index in [1.165, 1.54) is 18.8 Å². The molecule has 0 saturated carbocycles. The van der Waals surface area contributed by atoms with Gasteiger partial charge in [0.2, 0.25) is 12.7 Å². The number of nitrogens with zero attached hydrogens (tertiary/aromatic N) is 5. The van der Waals surface area contributed by atoms with E-state index >= 15 is 0 Å². The molecule has 1 aliphatic carbocycles. The summed E-state index contributed by atoms with van der Waals surface area (Å²) in [5.41, 5.74) is 2.75. The molecule has 38 heavy (non-hydrogen) atoms. The highest BCUT2D eigenvalue weighted by Crippen LogP contribution is 2.35. The molecule has 2 aliphatic heterocycles. The van der Waals surface area contributed by atoms with Gasteiger partial charge in [-0.15, -0.1) is 5.10 Å². The number of hydrogen-bond acceptors (Lipinski definition) is 10. The number of pyridine rings is 1. The molecule has 4 heterocycles. The summed E-state index contributed by atoms with van der Waals surface area (Å²) >= 11 is 0. The van der Waals surface area contributed by atoms with Crippen molar-refractivity contribution in [2.45, 2.75) is 19.4 Å². The monoisotopic (exact) mass is 511 g/mol. The second kappa shape index (κ2) is 11.0. The van der Waals surface area contributed by atoms with Crippen LogP contribution in [-0.4, -0.2) is 28.5 Å². The van der Waals surface area contributed by atoms with Gasteiger partial charge in [0.05, 0.1) is 12.1 Å². The first-order valence-electron chi connectivity index (χ1n) is 12.2. The van der Waals surface area contributed by atoms with E-state index in [-0.39, 0.29) is 12.8 Å². The second-order valence-corrected chi connectivity index (χ2v) is 8.56. The number of hydrogen-bond donors (Lipinski definition) is 0. The fourth-order valence-corrected chi connectivity index (χ4v) is 4.28. The lowest BCUT2D eigenvalue weighted by molar-refractivity contribution is 0.0797. The number of rotatable bonds is 9. The molecule has 2 aromatic heterocycles. The Bertz CT molecular complexity index is 1430. The van der Waals surface area contributed by atoms with Gasteiger partial charge in [-0.3, -0.25) is 0 Å². The van der Waals surface area contributed by atoms with Crippen molar-refractivity contribution in [1.82, 2.24) is 15.2 Å². The molecule has 3 aliphatic rings. The van der Waals surface area contributed by atoms with E-state index in [0.717, 1.165) is 24.1 Å². The molecule has 1 aromatic carbocycles. The zero-order valence-corrected chi connectivity index (χ0v) is 20.5. The number of ether oxygens (including phenoxy) is 4. The summed E-state index contributed by atoms with van der Waals surface area (Å²) in [6.07, 6.45) is 15.5. The predicted molar refractivity (Wildman–Crippen MR) is 138 cm³/mol. The first-order chi connectivity index (χ1) is 18.8. The van der Waals surface area contributed by atoms with Gasteiger partial charge in [-0.05, 0) is 36.6 Å². The van der Waals surface area contributed by atoms with Crippen LogP contribution in [0.4, 0.5) is 11.8 Å². The van der Waals surface area contributed by atoms with Crippen molar-refractivity contribution in [3.63, 3.8) is 0 Å². The standard InChI is InChI=1S/C28H25N5O5/c1-3-8-21(9-4-1)16-32(17-23-18-35-20-37-23)26-24(12-7-13-29-26)27-30-31-28(38-27)33(22-10-5-2-6-11-22)25-19-34-14-15-36-25/h1-5,7-10,12-15,18-19H,6,11,16-17,20H2. The summed E-state index contributed by atoms with van der Waals surface area (Å²) in [5.74, 6) is 2.13. The fraction of sp³-hybridized carbons (Fsp3) is 0.179. The molecule has 0 atom stereocenters. The number of aromatic nitrogens is 3. The third-order valence-electron chi connectivity index (χ3n) is 6.00. The number of anilines is 2. The summed E-state index contributed by atoms with van der Waals surface area (Å²) in [6, 6.07) is 14.2. The third kappa shape index (κ3) is 5.10. The summed E-state index contributed by atoms with van der Waals surface area (Å²) in [7, 11) is 0. The molecule has 0 unspecified atom stereocenters. The lowest BCUT2D eigenvalue weighted by atomic mass is 10.1. The molecule has 0 spiro atoms. The van der Waals surface area contributed by atoms with E-state index in [9.17, 15) is 0 Å². The maximum Gasteiger partial charge on any atom is 0.330 e. The Balaban J connectivity index is 1.36. The van der Waals surface area contributed by atoms with Crippen molar-refractivity contribution in [2.24, 2.45) is 0 Å². The number of allylic oxidation sites excluding steroid dienone is 4. The van der Waals surface area contributed by atoms with E-state index in [1.54, 1.807) is 17.4 Å². The molecule has 0 saturated heterocycles. The molecular weight excluding hydrogens is 486 g/mol. The Hall–Kier alpha value is -4.99. The smallest absolute Gasteiger partial charge is 0.330 e. The van der Waals surface area contributed by atoms with E-state index in [1.807, 2.05) is 42.5 Å². The van der Waals surface area contributed by atoms with Crippen LogP contribution >= 0.6 is 0 Å². The van der Waals surface area contributed by atoms with Crippen LogP contribution in [0.25, 0.3) is 11.5 Å². The van der Waals surface area contributed by atoms with E-state index in [4.69, 9.17) is 28.3 Å². The maximum atomic E-state index is 6.25. The van der Waals surface area contributed by atoms with Crippen LogP contribution in [0.2, 0.25) is 0 Å². The second-order valence-electron chi connectivity index (χ2n) is 8.56. The summed E-state index contributed by atoms with van der Waals surface area (Å²) in [4.78, 5) is 8.55. The molecule has 10 heteroatoms. The van der Waals surface area contributed by atoms with Crippen molar-refractivity contribution >= 4 is 11.8 Å². The van der Waals surface area contributed by atoms with Gasteiger partial charge in [0.1, 0.15) is 24.6 Å². The molecule has 10 nitrogen and oxygen atoms in total. The first kappa shape index (κ1) is 23.4. The highest BCUT2D eigenvalue weighted by molar-refractivity contribution is 5.70. The predicted octanol–water partition coefficient (Wildman–Crippen LogP) is 5.34. The van der Waals surface area contributed by atoms with Crippen molar-refractivity contribution in [1.29, 1.82) is 0 Å². The summed E-state index contributed by atoms with van der Waals surface area (Å²) in [5, 5.41) is 8.77. The van der Waals surface area contributed by atoms with Gasteiger partial charge in [-0.25, -0.2) is 9.88 Å². The Labute approximate surface area is 219 Å². The molecule has 6 rings (SSSR count). The lowest BCUT2D eigenvalue weighted by Gasteiger charge is -2.26. The Morgan fingerprint density at radius 2 is 1.89 bits per heavy atom. The maximum absolute atomic E-state index is 6.25. The fourth-order valence-electron chi connectivity index (χ4n) is 4.28. The van der Waals surface area contributed by atoms with Crippen LogP contribution in [0.1, 0.15) is 18.4 Å². The zero-order chi connectivity index (χ0) is 25.6. The highest BCUT2D eigenvalue weighted by Gasteiger charge is 2.27. The molecular formula is C28H25N5O5. The van der Waals surface area contributed by atoms with Crippen molar-refractivity contribution in [2.75, 3.05) is 23.1 Å². The lowest BCUT2D eigenvalue weighted by Crippen LogP contribution is -2.27. The minimum Gasteiger partial charge on any atom is -0.464 e. The minimum absolute atomic E-state index is 0.203. The Kier molecular flexibility index (Phi) is 6.75. The van der Waals surface area contributed by atoms with Crippen LogP contribution < -0.4 is 9.80 Å². The van der Waals surface area contributed by atoms with Crippen LogP contribution in [0.3, 0.4) is 0 Å². The molecule has 0 fully saturated rings. The van der Waals surface area contributed by atoms with Gasteiger partial charge in [0, 0.05) is 18.4 Å². The summed E-state index contributed by atoms with van der Waals surface area (Å²) in [6.45, 7) is 1.24. The normalized spacial score (nSPS) is 15.8. The Morgan fingerprint density at radius 3 is 2.68 bits per heavy atom. The van der Waals surface area contributed by atoms with Gasteiger partial charge >= 0.3 is 6.01 Å². The summed E-state index contributed by atoms with van der Waals surface area (Å²) < 4.78 is 28.2. The molecule has 0 radical (unpaired) electrons. The van der Waals surface area contributed by atoms with Gasteiger partial charge in [-0.1, -0.05) is 47.6 Å². The average Bonchev–Trinajstić information content (AvgIpc) is 3.68. The van der Waals surface area contributed by atoms with Crippen molar-refractivity contribution < 1.29 is 23.4 Å². The molecule has 192 valence electrons. The third-order valence-corrected chi connectivity index (χ3v) is 6.00. The Morgan fingerprint density at radius 1 is 0.947 bits per heavy atom. The molecule has 0 amide bonds. The van der Waals surface area contributed by atoms with Gasteiger partial charge < -0.3 is 28.3 Å². The largest absolute Gasteiger partial charge is 0.464 e. The molecule has 3 aromatic rings. The van der Waals surface area contributed by atoms with Gasteiger partial charge in [-0.2, -0.15) is 0 Å². The van der Waals surface area contributed by atoms with Crippen molar-refractivity contribution in [3.8, 4) is 11.5 Å². The minimum atomic E-state index is 0.203. The van der Waals surface area contributed by atoms with E-state index < -0.39 is 0 Å². The topological polar surface area (TPSA) is 95.2 Å². The van der Waals surface area contributed by atoms with Crippen LogP contribution in [0, 0.1) is 0 Å². The quantitative estimate of drug-likeness (QED) is 0.375. The van der Waals surface area contributed by atoms with Crippen LogP contribution in [-0.2, 0) is 25.5 Å². The SMILES string of the molecule is C1=CCCC(N(C2=COC=CO2)c2nnc(-c3cccnc3N(CC3=COCO3)Cc3ccccc3)o2)=C1. The van der Waals surface area contributed by atoms with Crippen LogP contribution in [0.15, 0.2) is 114 Å². The number of benzene rings is 1. The van der Waals surface area contributed by atoms with Crippen LogP contribution in [0.5, 0.6) is 0 Å². The van der Waals surface area contributed by atoms with Gasteiger partial charge in [0.25, 0.3) is 5.89 Å². The first-order valence-corrected chi connectivity index (χ1v) is 12.2. The zero-order valence-electron chi connectivity index (χ0n) is 20.5. The van der Waals surface area contributed by atoms with Crippen molar-refractivity contribution in [3.05, 3.63) is 115 Å².